The van der Waals surface area contributed by atoms with E-state index in [-0.39, 0.29) is 5.91 Å². The van der Waals surface area contributed by atoms with Crippen LogP contribution in [0.4, 0.5) is 5.13 Å². The zero-order chi connectivity index (χ0) is 19.2. The van der Waals surface area contributed by atoms with E-state index >= 15 is 0 Å². The molecule has 0 spiro atoms. The van der Waals surface area contributed by atoms with Crippen molar-refractivity contribution in [2.24, 2.45) is 0 Å². The lowest BCUT2D eigenvalue weighted by molar-refractivity contribution is -0.114. The summed E-state index contributed by atoms with van der Waals surface area (Å²) in [4.78, 5) is 21.4. The molecular weight excluding hydrogens is 358 g/mol. The third-order valence-electron chi connectivity index (χ3n) is 4.08. The predicted octanol–water partition coefficient (Wildman–Crippen LogP) is 3.91. The van der Waals surface area contributed by atoms with Crippen LogP contribution in [0.25, 0.3) is 16.3 Å². The molecule has 27 heavy (non-hydrogen) atoms. The summed E-state index contributed by atoms with van der Waals surface area (Å²) in [6.07, 6.45) is 3.44. The minimum Gasteiger partial charge on any atom is -0.494 e. The van der Waals surface area contributed by atoms with Gasteiger partial charge in [0.2, 0.25) is 0 Å². The normalized spacial score (nSPS) is 11.4. The van der Waals surface area contributed by atoms with Crippen molar-refractivity contribution in [3.8, 4) is 5.75 Å². The Morgan fingerprint density at radius 2 is 1.89 bits per heavy atom. The highest BCUT2D eigenvalue weighted by atomic mass is 32.1. The summed E-state index contributed by atoms with van der Waals surface area (Å²) in [5.41, 5.74) is 1.78. The Bertz CT molecular complexity index is 935. The van der Waals surface area contributed by atoms with E-state index in [0.29, 0.717) is 11.7 Å². The van der Waals surface area contributed by atoms with Crippen molar-refractivity contribution < 1.29 is 9.53 Å². The zero-order valence-electron chi connectivity index (χ0n) is 15.8. The maximum Gasteiger partial charge on any atom is 0.252 e. The first-order chi connectivity index (χ1) is 13.1. The van der Waals surface area contributed by atoms with Gasteiger partial charge in [-0.3, -0.25) is 9.69 Å². The largest absolute Gasteiger partial charge is 0.494 e. The van der Waals surface area contributed by atoms with Gasteiger partial charge in [-0.25, -0.2) is 4.98 Å². The van der Waals surface area contributed by atoms with Crippen molar-refractivity contribution in [3.63, 3.8) is 0 Å². The molecule has 3 rings (SSSR count). The van der Waals surface area contributed by atoms with Gasteiger partial charge >= 0.3 is 0 Å². The molecule has 6 heteroatoms. The van der Waals surface area contributed by atoms with Gasteiger partial charge in [-0.15, -0.1) is 0 Å². The van der Waals surface area contributed by atoms with E-state index < -0.39 is 0 Å². The SMILES string of the molecule is COc1cccc2sc(N(CCN(C)C)C(=O)C=Cc3ccccc3)nc12. The molecule has 0 saturated carbocycles. The third-order valence-corrected chi connectivity index (χ3v) is 5.12. The molecule has 0 aliphatic carbocycles. The van der Waals surface area contributed by atoms with Crippen molar-refractivity contribution in [2.75, 3.05) is 39.2 Å². The van der Waals surface area contributed by atoms with Crippen LogP contribution in [0.3, 0.4) is 0 Å². The van der Waals surface area contributed by atoms with E-state index in [0.717, 1.165) is 28.1 Å². The molecule has 140 valence electrons. The molecule has 0 fully saturated rings. The van der Waals surface area contributed by atoms with Gasteiger partial charge in [-0.1, -0.05) is 47.7 Å². The van der Waals surface area contributed by atoms with Gasteiger partial charge in [0.15, 0.2) is 5.13 Å². The minimum atomic E-state index is -0.0845. The molecule has 0 atom stereocenters. The Hall–Kier alpha value is -2.70. The molecule has 0 unspecified atom stereocenters. The molecular formula is C21H23N3O2S. The number of benzene rings is 2. The first-order valence-electron chi connectivity index (χ1n) is 8.71. The highest BCUT2D eigenvalue weighted by Gasteiger charge is 2.19. The summed E-state index contributed by atoms with van der Waals surface area (Å²) in [5.74, 6) is 0.633. The lowest BCUT2D eigenvalue weighted by Gasteiger charge is -2.20. The fourth-order valence-electron chi connectivity index (χ4n) is 2.61. The second-order valence-electron chi connectivity index (χ2n) is 6.34. The van der Waals surface area contributed by atoms with E-state index in [9.17, 15) is 4.79 Å². The number of anilines is 1. The Morgan fingerprint density at radius 3 is 2.59 bits per heavy atom. The van der Waals surface area contributed by atoms with Gasteiger partial charge in [0.25, 0.3) is 5.91 Å². The summed E-state index contributed by atoms with van der Waals surface area (Å²) in [7, 11) is 5.61. The number of carbonyl (C=O) groups is 1. The van der Waals surface area contributed by atoms with E-state index in [1.54, 1.807) is 18.1 Å². The zero-order valence-corrected chi connectivity index (χ0v) is 16.6. The average molecular weight is 382 g/mol. The predicted molar refractivity (Wildman–Crippen MR) is 113 cm³/mol. The van der Waals surface area contributed by atoms with E-state index in [4.69, 9.17) is 4.74 Å². The standard InChI is InChI=1S/C21H23N3O2S/c1-23(2)14-15-24(19(25)13-12-16-8-5-4-6-9-16)21-22-20-17(26-3)10-7-11-18(20)27-21/h4-13H,14-15H2,1-3H3. The number of para-hydroxylation sites is 1. The molecule has 0 bridgehead atoms. The topological polar surface area (TPSA) is 45.7 Å². The molecule has 0 N–H and O–H groups in total. The van der Waals surface area contributed by atoms with Crippen molar-refractivity contribution in [1.29, 1.82) is 0 Å². The third kappa shape index (κ3) is 4.72. The lowest BCUT2D eigenvalue weighted by Crippen LogP contribution is -2.35. The van der Waals surface area contributed by atoms with Crippen LogP contribution in [0.1, 0.15) is 5.56 Å². The number of fused-ring (bicyclic) bond motifs is 1. The van der Waals surface area contributed by atoms with E-state index in [1.165, 1.54) is 11.3 Å². The number of hydrogen-bond donors (Lipinski definition) is 0. The number of methoxy groups -OCH3 is 1. The van der Waals surface area contributed by atoms with Crippen LogP contribution in [0.2, 0.25) is 0 Å². The van der Waals surface area contributed by atoms with Gasteiger partial charge in [0.1, 0.15) is 11.3 Å². The van der Waals surface area contributed by atoms with Gasteiger partial charge < -0.3 is 9.64 Å². The Kier molecular flexibility index (Phi) is 6.21. The monoisotopic (exact) mass is 381 g/mol. The highest BCUT2D eigenvalue weighted by Crippen LogP contribution is 2.34. The first-order valence-corrected chi connectivity index (χ1v) is 9.53. The summed E-state index contributed by atoms with van der Waals surface area (Å²) >= 11 is 1.50. The number of nitrogens with zero attached hydrogens (tertiary/aromatic N) is 3. The molecule has 3 aromatic rings. The molecule has 0 aliphatic heterocycles. The van der Waals surface area contributed by atoms with Gasteiger partial charge in [0, 0.05) is 19.2 Å². The van der Waals surface area contributed by atoms with Crippen LogP contribution in [0.15, 0.2) is 54.6 Å². The maximum atomic E-state index is 12.9. The summed E-state index contributed by atoms with van der Waals surface area (Å²) in [6.45, 7) is 1.31. The second-order valence-corrected chi connectivity index (χ2v) is 7.35. The van der Waals surface area contributed by atoms with Crippen LogP contribution in [-0.4, -0.2) is 50.1 Å². The summed E-state index contributed by atoms with van der Waals surface area (Å²) in [5, 5.41) is 0.680. The number of hydrogen-bond acceptors (Lipinski definition) is 5. The fraction of sp³-hybridized carbons (Fsp3) is 0.238. The number of ether oxygens (including phenoxy) is 1. The Morgan fingerprint density at radius 1 is 1.11 bits per heavy atom. The van der Waals surface area contributed by atoms with Crippen LogP contribution >= 0.6 is 11.3 Å². The van der Waals surface area contributed by atoms with Crippen molar-refractivity contribution in [3.05, 3.63) is 60.2 Å². The van der Waals surface area contributed by atoms with Crippen molar-refractivity contribution in [1.82, 2.24) is 9.88 Å². The lowest BCUT2D eigenvalue weighted by atomic mass is 10.2. The van der Waals surface area contributed by atoms with Gasteiger partial charge in [-0.2, -0.15) is 0 Å². The second kappa shape index (κ2) is 8.79. The summed E-state index contributed by atoms with van der Waals surface area (Å²) in [6, 6.07) is 15.6. The number of amides is 1. The number of rotatable bonds is 7. The number of carbonyl (C=O) groups excluding carboxylic acids is 1. The quantitative estimate of drug-likeness (QED) is 0.582. The van der Waals surface area contributed by atoms with Crippen LogP contribution in [-0.2, 0) is 4.79 Å². The smallest absolute Gasteiger partial charge is 0.252 e. The number of likely N-dealkylation sites (N-methyl/N-ethyl adjacent to an activating group) is 1. The Labute approximate surface area is 163 Å². The van der Waals surface area contributed by atoms with Crippen LogP contribution < -0.4 is 9.64 Å². The van der Waals surface area contributed by atoms with Crippen molar-refractivity contribution in [2.45, 2.75) is 0 Å². The molecule has 2 aromatic carbocycles. The average Bonchev–Trinajstić information content (AvgIpc) is 3.11. The van der Waals surface area contributed by atoms with E-state index in [1.807, 2.05) is 68.7 Å². The van der Waals surface area contributed by atoms with Gasteiger partial charge in [0.05, 0.1) is 11.8 Å². The molecule has 5 nitrogen and oxygen atoms in total. The summed E-state index contributed by atoms with van der Waals surface area (Å²) < 4.78 is 6.40. The first kappa shape index (κ1) is 19.1. The van der Waals surface area contributed by atoms with Crippen LogP contribution in [0, 0.1) is 0 Å². The molecule has 1 aromatic heterocycles. The fourth-order valence-corrected chi connectivity index (χ4v) is 3.63. The van der Waals surface area contributed by atoms with E-state index in [2.05, 4.69) is 9.88 Å². The van der Waals surface area contributed by atoms with Crippen LogP contribution in [0.5, 0.6) is 5.75 Å². The van der Waals surface area contributed by atoms with Crippen molar-refractivity contribution >= 4 is 38.7 Å². The molecule has 0 radical (unpaired) electrons. The number of thiazole rings is 1. The Balaban J connectivity index is 1.91. The molecule has 0 aliphatic rings. The number of aromatic nitrogens is 1. The molecule has 1 heterocycles. The molecule has 0 saturated heterocycles. The highest BCUT2D eigenvalue weighted by molar-refractivity contribution is 7.22. The molecule has 1 amide bonds. The minimum absolute atomic E-state index is 0.0845. The van der Waals surface area contributed by atoms with Gasteiger partial charge in [-0.05, 0) is 37.9 Å². The maximum absolute atomic E-state index is 12.9.